The number of carbonyl (C=O) groups is 1. The molecule has 3 aromatic rings. The number of likely N-dealkylation sites (N-methyl/N-ethyl adjacent to an activating group) is 1. The van der Waals surface area contributed by atoms with Crippen LogP contribution in [0.1, 0.15) is 11.1 Å². The van der Waals surface area contributed by atoms with Gasteiger partial charge < -0.3 is 5.32 Å². The van der Waals surface area contributed by atoms with Gasteiger partial charge >= 0.3 is 0 Å². The third kappa shape index (κ3) is 3.57. The minimum Gasteiger partial charge on any atom is -0.358 e. The van der Waals surface area contributed by atoms with Crippen LogP contribution in [0.4, 0.5) is 0 Å². The first-order chi connectivity index (χ1) is 14.0. The fourth-order valence-corrected chi connectivity index (χ4v) is 5.60. The molecule has 1 heterocycles. The zero-order valence-electron chi connectivity index (χ0n) is 16.1. The molecule has 0 saturated heterocycles. The maximum atomic E-state index is 13.8. The molecule has 0 fully saturated rings. The molecule has 0 aromatic heterocycles. The van der Waals surface area contributed by atoms with Gasteiger partial charge in [-0.1, -0.05) is 72.8 Å². The first-order valence-electron chi connectivity index (χ1n) is 9.47. The predicted octanol–water partition coefficient (Wildman–Crippen LogP) is 3.22. The lowest BCUT2D eigenvalue weighted by molar-refractivity contribution is -0.124. The normalized spacial score (nSPS) is 16.8. The van der Waals surface area contributed by atoms with Crippen LogP contribution in [0.3, 0.4) is 0 Å². The van der Waals surface area contributed by atoms with Gasteiger partial charge in [0.25, 0.3) is 0 Å². The zero-order valence-corrected chi connectivity index (χ0v) is 16.9. The summed E-state index contributed by atoms with van der Waals surface area (Å²) in [5.74, 6) is -0.305. The fourth-order valence-electron chi connectivity index (χ4n) is 3.82. The Hall–Kier alpha value is -2.96. The lowest BCUT2D eigenvalue weighted by atomic mass is 9.95. The van der Waals surface area contributed by atoms with Crippen molar-refractivity contribution in [3.05, 3.63) is 90.0 Å². The summed E-state index contributed by atoms with van der Waals surface area (Å²) < 4.78 is 28.9. The maximum Gasteiger partial charge on any atom is 0.244 e. The van der Waals surface area contributed by atoms with E-state index in [9.17, 15) is 13.2 Å². The van der Waals surface area contributed by atoms with Crippen LogP contribution in [-0.2, 0) is 27.8 Å². The van der Waals surface area contributed by atoms with E-state index in [0.717, 1.165) is 16.7 Å². The molecule has 0 bridgehead atoms. The van der Waals surface area contributed by atoms with E-state index < -0.39 is 16.1 Å². The standard InChI is InChI=1S/C23H22N2O3S/c1-24-23(26)21-15-18-11-5-6-12-19(18)16-25(21)29(27,28)22-14-8-7-13-20(22)17-9-3-2-4-10-17/h2-14,21H,15-16H2,1H3,(H,24,26)/t21-/m1/s1. The Kier molecular flexibility index (Phi) is 5.22. The van der Waals surface area contributed by atoms with Crippen LogP contribution in [-0.4, -0.2) is 31.7 Å². The summed E-state index contributed by atoms with van der Waals surface area (Å²) in [7, 11) is -2.38. The minimum atomic E-state index is -3.92. The van der Waals surface area contributed by atoms with Crippen LogP contribution >= 0.6 is 0 Å². The number of fused-ring (bicyclic) bond motifs is 1. The fraction of sp³-hybridized carbons (Fsp3) is 0.174. The smallest absolute Gasteiger partial charge is 0.244 e. The predicted molar refractivity (Wildman–Crippen MR) is 113 cm³/mol. The summed E-state index contributed by atoms with van der Waals surface area (Å²) in [4.78, 5) is 12.8. The van der Waals surface area contributed by atoms with Gasteiger partial charge in [0, 0.05) is 19.2 Å². The van der Waals surface area contributed by atoms with E-state index in [2.05, 4.69) is 5.32 Å². The van der Waals surface area contributed by atoms with Gasteiger partial charge in [-0.3, -0.25) is 4.79 Å². The third-order valence-electron chi connectivity index (χ3n) is 5.31. The van der Waals surface area contributed by atoms with Crippen LogP contribution in [0.2, 0.25) is 0 Å². The molecular weight excluding hydrogens is 384 g/mol. The highest BCUT2D eigenvalue weighted by Gasteiger charge is 2.40. The summed E-state index contributed by atoms with van der Waals surface area (Å²) in [6.45, 7) is 0.166. The molecule has 4 rings (SSSR count). The molecule has 0 saturated carbocycles. The Morgan fingerprint density at radius 3 is 2.24 bits per heavy atom. The van der Waals surface area contributed by atoms with Crippen LogP contribution in [0.15, 0.2) is 83.8 Å². The highest BCUT2D eigenvalue weighted by Crippen LogP contribution is 2.34. The molecule has 1 atom stereocenters. The van der Waals surface area contributed by atoms with E-state index >= 15 is 0 Å². The van der Waals surface area contributed by atoms with Crippen molar-refractivity contribution in [3.63, 3.8) is 0 Å². The number of nitrogens with one attached hydrogen (secondary N) is 1. The summed E-state index contributed by atoms with van der Waals surface area (Å²) >= 11 is 0. The largest absolute Gasteiger partial charge is 0.358 e. The van der Waals surface area contributed by atoms with E-state index in [1.807, 2.05) is 60.7 Å². The summed E-state index contributed by atoms with van der Waals surface area (Å²) in [5.41, 5.74) is 3.38. The Morgan fingerprint density at radius 2 is 1.52 bits per heavy atom. The molecule has 1 N–H and O–H groups in total. The molecule has 3 aromatic carbocycles. The van der Waals surface area contributed by atoms with E-state index in [1.165, 1.54) is 11.4 Å². The number of hydrogen-bond acceptors (Lipinski definition) is 3. The highest BCUT2D eigenvalue weighted by atomic mass is 32.2. The van der Waals surface area contributed by atoms with Crippen LogP contribution in [0, 0.1) is 0 Å². The first kappa shape index (κ1) is 19.4. The number of carbonyl (C=O) groups excluding carboxylic acids is 1. The van der Waals surface area contributed by atoms with Crippen molar-refractivity contribution < 1.29 is 13.2 Å². The van der Waals surface area contributed by atoms with Crippen molar-refractivity contribution in [1.82, 2.24) is 9.62 Å². The molecular formula is C23H22N2O3S. The lowest BCUT2D eigenvalue weighted by Gasteiger charge is -2.35. The van der Waals surface area contributed by atoms with Gasteiger partial charge in [-0.15, -0.1) is 0 Å². The topological polar surface area (TPSA) is 66.5 Å². The molecule has 5 nitrogen and oxygen atoms in total. The maximum absolute atomic E-state index is 13.8. The van der Waals surface area contributed by atoms with Crippen LogP contribution in [0.5, 0.6) is 0 Å². The summed E-state index contributed by atoms with van der Waals surface area (Å²) in [5, 5.41) is 2.62. The van der Waals surface area contributed by atoms with E-state index in [0.29, 0.717) is 12.0 Å². The van der Waals surface area contributed by atoms with E-state index in [1.54, 1.807) is 18.2 Å². The SMILES string of the molecule is CNC(=O)[C@H]1Cc2ccccc2CN1S(=O)(=O)c1ccccc1-c1ccccc1. The number of rotatable bonds is 4. The molecule has 0 aliphatic carbocycles. The van der Waals surface area contributed by atoms with Gasteiger partial charge in [-0.2, -0.15) is 4.31 Å². The Balaban J connectivity index is 1.84. The molecule has 148 valence electrons. The minimum absolute atomic E-state index is 0.166. The Labute approximate surface area is 171 Å². The van der Waals surface area contributed by atoms with Crippen molar-refractivity contribution in [1.29, 1.82) is 0 Å². The average Bonchev–Trinajstić information content (AvgIpc) is 2.78. The number of sulfonamides is 1. The van der Waals surface area contributed by atoms with E-state index in [4.69, 9.17) is 0 Å². The van der Waals surface area contributed by atoms with Gasteiger partial charge in [-0.05, 0) is 29.2 Å². The zero-order chi connectivity index (χ0) is 20.4. The Morgan fingerprint density at radius 1 is 0.897 bits per heavy atom. The third-order valence-corrected chi connectivity index (χ3v) is 7.23. The second-order valence-corrected chi connectivity index (χ2v) is 8.87. The first-order valence-corrected chi connectivity index (χ1v) is 10.9. The van der Waals surface area contributed by atoms with Gasteiger partial charge in [0.2, 0.25) is 15.9 Å². The quantitative estimate of drug-likeness (QED) is 0.724. The van der Waals surface area contributed by atoms with E-state index in [-0.39, 0.29) is 17.3 Å². The van der Waals surface area contributed by atoms with Crippen molar-refractivity contribution in [3.8, 4) is 11.1 Å². The summed E-state index contributed by atoms with van der Waals surface area (Å²) in [6, 6.07) is 23.2. The van der Waals surface area contributed by atoms with Crippen molar-refractivity contribution >= 4 is 15.9 Å². The van der Waals surface area contributed by atoms with Gasteiger partial charge in [-0.25, -0.2) is 8.42 Å². The van der Waals surface area contributed by atoms with Crippen molar-refractivity contribution in [2.24, 2.45) is 0 Å². The molecule has 1 aliphatic heterocycles. The van der Waals surface area contributed by atoms with Crippen molar-refractivity contribution in [2.75, 3.05) is 7.05 Å². The Bertz CT molecular complexity index is 1140. The monoisotopic (exact) mass is 406 g/mol. The number of benzene rings is 3. The lowest BCUT2D eigenvalue weighted by Crippen LogP contribution is -2.51. The second kappa shape index (κ2) is 7.81. The molecule has 6 heteroatoms. The van der Waals surface area contributed by atoms with Crippen LogP contribution < -0.4 is 5.32 Å². The molecule has 1 amide bonds. The number of amides is 1. The average molecular weight is 407 g/mol. The molecule has 0 spiro atoms. The van der Waals surface area contributed by atoms with Gasteiger partial charge in [0.1, 0.15) is 6.04 Å². The molecule has 29 heavy (non-hydrogen) atoms. The molecule has 0 radical (unpaired) electrons. The second-order valence-electron chi connectivity index (χ2n) is 7.02. The van der Waals surface area contributed by atoms with Gasteiger partial charge in [0.15, 0.2) is 0 Å². The number of hydrogen-bond donors (Lipinski definition) is 1. The highest BCUT2D eigenvalue weighted by molar-refractivity contribution is 7.89. The molecule has 0 unspecified atom stereocenters. The van der Waals surface area contributed by atoms with Crippen molar-refractivity contribution in [2.45, 2.75) is 23.9 Å². The van der Waals surface area contributed by atoms with Crippen LogP contribution in [0.25, 0.3) is 11.1 Å². The van der Waals surface area contributed by atoms with Gasteiger partial charge in [0.05, 0.1) is 4.90 Å². The summed E-state index contributed by atoms with van der Waals surface area (Å²) in [6.07, 6.45) is 0.350. The number of nitrogens with zero attached hydrogens (tertiary/aromatic N) is 1. The molecule has 1 aliphatic rings.